The largest absolute Gasteiger partial charge is 0.493 e. The van der Waals surface area contributed by atoms with Gasteiger partial charge in [0.15, 0.2) is 11.5 Å². The fraction of sp³-hybridized carbons (Fsp3) is 0.458. The third-order valence-corrected chi connectivity index (χ3v) is 5.93. The maximum Gasteiger partial charge on any atom is 0.313 e. The van der Waals surface area contributed by atoms with Gasteiger partial charge in [0.25, 0.3) is 0 Å². The molecule has 2 aromatic rings. The Morgan fingerprint density at radius 2 is 2.04 bits per heavy atom. The summed E-state index contributed by atoms with van der Waals surface area (Å²) in [6.07, 6.45) is 3.16. The molecule has 2 aromatic carbocycles. The Bertz CT molecular complexity index is 903. The Labute approximate surface area is 167 Å². The molecule has 0 amide bonds. The molecule has 2 aliphatic rings. The molecule has 4 nitrogen and oxygen atoms in total. The number of carbonyl (C=O) groups excluding carboxylic acids is 1. The van der Waals surface area contributed by atoms with Gasteiger partial charge >= 0.3 is 5.97 Å². The van der Waals surface area contributed by atoms with E-state index < -0.39 is 0 Å². The summed E-state index contributed by atoms with van der Waals surface area (Å²) in [5.41, 5.74) is 6.27. The van der Waals surface area contributed by atoms with E-state index in [0.717, 1.165) is 37.9 Å². The number of benzene rings is 2. The molecule has 0 saturated heterocycles. The third-order valence-electron chi connectivity index (χ3n) is 5.93. The lowest BCUT2D eigenvalue weighted by Gasteiger charge is -2.42. The van der Waals surface area contributed by atoms with Crippen LogP contribution in [0.4, 0.5) is 0 Å². The highest BCUT2D eigenvalue weighted by Gasteiger charge is 2.36. The highest BCUT2D eigenvalue weighted by Crippen LogP contribution is 2.51. The Morgan fingerprint density at radius 1 is 1.21 bits per heavy atom. The van der Waals surface area contributed by atoms with Crippen LogP contribution in [0.2, 0.25) is 0 Å². The first kappa shape index (κ1) is 19.0. The first-order chi connectivity index (χ1) is 13.5. The fourth-order valence-corrected chi connectivity index (χ4v) is 4.59. The first-order valence-electron chi connectivity index (χ1n) is 10.3. The van der Waals surface area contributed by atoms with Gasteiger partial charge in [0.1, 0.15) is 0 Å². The Hall–Kier alpha value is -2.33. The lowest BCUT2D eigenvalue weighted by molar-refractivity contribution is -0.137. The molecule has 0 fully saturated rings. The Balaban J connectivity index is 1.90. The lowest BCUT2D eigenvalue weighted by atomic mass is 9.76. The molecular formula is C24H29NO3. The van der Waals surface area contributed by atoms with Crippen LogP contribution >= 0.6 is 0 Å². The summed E-state index contributed by atoms with van der Waals surface area (Å²) in [6.45, 7) is 8.17. The third kappa shape index (κ3) is 3.10. The molecule has 0 bridgehead atoms. The van der Waals surface area contributed by atoms with Crippen molar-refractivity contribution in [2.75, 3.05) is 20.2 Å². The van der Waals surface area contributed by atoms with Crippen molar-refractivity contribution in [3.8, 4) is 22.6 Å². The van der Waals surface area contributed by atoms with Gasteiger partial charge in [0.2, 0.25) is 0 Å². The SMILES string of the molecule is CCCN1CCc2cccc3c2C1Cc1ccc(OC)c(OC(=O)C(C)C)c1-3. The number of carbonyl (C=O) groups is 1. The molecule has 4 rings (SSSR count). The van der Waals surface area contributed by atoms with E-state index in [-0.39, 0.29) is 11.9 Å². The van der Waals surface area contributed by atoms with Crippen LogP contribution in [0.25, 0.3) is 11.1 Å². The van der Waals surface area contributed by atoms with Gasteiger partial charge in [-0.25, -0.2) is 0 Å². The Morgan fingerprint density at radius 3 is 2.75 bits per heavy atom. The molecule has 1 aliphatic heterocycles. The van der Waals surface area contributed by atoms with Crippen LogP contribution in [0, 0.1) is 5.92 Å². The highest BCUT2D eigenvalue weighted by molar-refractivity contribution is 5.86. The zero-order valence-electron chi connectivity index (χ0n) is 17.2. The normalized spacial score (nSPS) is 17.8. The standard InChI is InChI=1S/C24H29NO3/c1-5-12-25-13-11-16-7-6-8-18-21(16)19(25)14-17-9-10-20(27-4)23(22(17)18)28-24(26)15(2)3/h6-10,15,19H,5,11-14H2,1-4H3. The number of esters is 1. The molecule has 0 radical (unpaired) electrons. The van der Waals surface area contributed by atoms with Crippen LogP contribution in [0.15, 0.2) is 30.3 Å². The smallest absolute Gasteiger partial charge is 0.313 e. The van der Waals surface area contributed by atoms with Gasteiger partial charge in [-0.3, -0.25) is 9.69 Å². The van der Waals surface area contributed by atoms with E-state index in [1.54, 1.807) is 7.11 Å². The van der Waals surface area contributed by atoms with Crippen molar-refractivity contribution in [1.82, 2.24) is 4.90 Å². The van der Waals surface area contributed by atoms with E-state index in [1.807, 2.05) is 19.9 Å². The van der Waals surface area contributed by atoms with Crippen molar-refractivity contribution in [3.05, 3.63) is 47.0 Å². The summed E-state index contributed by atoms with van der Waals surface area (Å²) in [4.78, 5) is 15.0. The predicted molar refractivity (Wildman–Crippen MR) is 111 cm³/mol. The molecule has 28 heavy (non-hydrogen) atoms. The maximum absolute atomic E-state index is 12.4. The molecule has 0 spiro atoms. The Kier molecular flexibility index (Phi) is 5.15. The minimum Gasteiger partial charge on any atom is -0.493 e. The van der Waals surface area contributed by atoms with Crippen molar-refractivity contribution in [1.29, 1.82) is 0 Å². The molecule has 1 aliphatic carbocycles. The summed E-state index contributed by atoms with van der Waals surface area (Å²) in [5, 5.41) is 0. The van der Waals surface area contributed by atoms with Gasteiger partial charge in [0, 0.05) is 18.2 Å². The topological polar surface area (TPSA) is 38.8 Å². The minimum atomic E-state index is -0.230. The predicted octanol–water partition coefficient (Wildman–Crippen LogP) is 4.79. The van der Waals surface area contributed by atoms with Gasteiger partial charge in [-0.15, -0.1) is 0 Å². The number of nitrogens with zero attached hydrogens (tertiary/aromatic N) is 1. The number of ether oxygens (including phenoxy) is 2. The number of hydrogen-bond acceptors (Lipinski definition) is 4. The number of hydrogen-bond donors (Lipinski definition) is 0. The van der Waals surface area contributed by atoms with Crippen molar-refractivity contribution in [2.24, 2.45) is 5.92 Å². The summed E-state index contributed by atoms with van der Waals surface area (Å²) < 4.78 is 11.5. The summed E-state index contributed by atoms with van der Waals surface area (Å²) in [5.74, 6) is 0.760. The highest BCUT2D eigenvalue weighted by atomic mass is 16.6. The van der Waals surface area contributed by atoms with Gasteiger partial charge < -0.3 is 9.47 Å². The molecular weight excluding hydrogens is 350 g/mol. The summed E-state index contributed by atoms with van der Waals surface area (Å²) >= 11 is 0. The molecule has 4 heteroatoms. The van der Waals surface area contributed by atoms with Gasteiger partial charge in [0.05, 0.1) is 13.0 Å². The number of fused-ring (bicyclic) bond motifs is 2. The molecule has 1 heterocycles. The molecule has 0 saturated carbocycles. The zero-order valence-corrected chi connectivity index (χ0v) is 17.2. The van der Waals surface area contributed by atoms with E-state index in [2.05, 4.69) is 36.1 Å². The molecule has 1 atom stereocenters. The van der Waals surface area contributed by atoms with Crippen LogP contribution in [-0.2, 0) is 17.6 Å². The minimum absolute atomic E-state index is 0.193. The number of methoxy groups -OCH3 is 1. The maximum atomic E-state index is 12.4. The van der Waals surface area contributed by atoms with Crippen LogP contribution < -0.4 is 9.47 Å². The van der Waals surface area contributed by atoms with E-state index in [0.29, 0.717) is 17.5 Å². The van der Waals surface area contributed by atoms with Crippen LogP contribution in [-0.4, -0.2) is 31.1 Å². The van der Waals surface area contributed by atoms with Crippen LogP contribution in [0.3, 0.4) is 0 Å². The van der Waals surface area contributed by atoms with Crippen molar-refractivity contribution < 1.29 is 14.3 Å². The molecule has 0 aromatic heterocycles. The average molecular weight is 380 g/mol. The fourth-order valence-electron chi connectivity index (χ4n) is 4.59. The second-order valence-corrected chi connectivity index (χ2v) is 8.09. The van der Waals surface area contributed by atoms with Crippen molar-refractivity contribution >= 4 is 5.97 Å². The second kappa shape index (κ2) is 7.59. The zero-order chi connectivity index (χ0) is 19.8. The van der Waals surface area contributed by atoms with Crippen molar-refractivity contribution in [3.63, 3.8) is 0 Å². The van der Waals surface area contributed by atoms with E-state index in [9.17, 15) is 4.79 Å². The molecule has 1 unspecified atom stereocenters. The van der Waals surface area contributed by atoms with Gasteiger partial charge in [-0.2, -0.15) is 0 Å². The number of rotatable bonds is 5. The molecule has 0 N–H and O–H groups in total. The van der Waals surface area contributed by atoms with Crippen LogP contribution in [0.1, 0.15) is 49.9 Å². The molecule has 148 valence electrons. The van der Waals surface area contributed by atoms with Gasteiger partial charge in [-0.1, -0.05) is 45.0 Å². The quantitative estimate of drug-likeness (QED) is 0.553. The monoisotopic (exact) mass is 379 g/mol. The lowest BCUT2D eigenvalue weighted by Crippen LogP contribution is -2.38. The summed E-state index contributed by atoms with van der Waals surface area (Å²) in [7, 11) is 1.63. The average Bonchev–Trinajstić information content (AvgIpc) is 2.70. The van der Waals surface area contributed by atoms with E-state index in [4.69, 9.17) is 9.47 Å². The van der Waals surface area contributed by atoms with E-state index in [1.165, 1.54) is 22.3 Å². The second-order valence-electron chi connectivity index (χ2n) is 8.09. The van der Waals surface area contributed by atoms with Gasteiger partial charge in [-0.05, 0) is 54.1 Å². The summed E-state index contributed by atoms with van der Waals surface area (Å²) in [6, 6.07) is 11.0. The van der Waals surface area contributed by atoms with E-state index >= 15 is 0 Å². The van der Waals surface area contributed by atoms with Crippen molar-refractivity contribution in [2.45, 2.75) is 46.1 Å². The van der Waals surface area contributed by atoms with Crippen LogP contribution in [0.5, 0.6) is 11.5 Å². The first-order valence-corrected chi connectivity index (χ1v) is 10.3.